The minimum Gasteiger partial charge on any atom is -0.497 e. The zero-order valence-electron chi connectivity index (χ0n) is 13.7. The second-order valence-electron chi connectivity index (χ2n) is 5.26. The van der Waals surface area contributed by atoms with E-state index in [9.17, 15) is 4.79 Å². The molecule has 0 saturated heterocycles. The smallest absolute Gasteiger partial charge is 0.331 e. The van der Waals surface area contributed by atoms with Gasteiger partial charge in [0.1, 0.15) is 18.1 Å². The Balaban J connectivity index is 1.56. The lowest BCUT2D eigenvalue weighted by Crippen LogP contribution is -2.00. The summed E-state index contributed by atoms with van der Waals surface area (Å²) in [6.07, 6.45) is 3.09. The van der Waals surface area contributed by atoms with Gasteiger partial charge in [-0.15, -0.1) is 0 Å². The van der Waals surface area contributed by atoms with Gasteiger partial charge in [0.25, 0.3) is 0 Å². The summed E-state index contributed by atoms with van der Waals surface area (Å²) >= 11 is 0. The van der Waals surface area contributed by atoms with Gasteiger partial charge in [0.2, 0.25) is 0 Å². The maximum absolute atomic E-state index is 11.8. The number of aromatic nitrogens is 1. The van der Waals surface area contributed by atoms with E-state index in [1.807, 2.05) is 54.6 Å². The van der Waals surface area contributed by atoms with Crippen LogP contribution in [0.4, 0.5) is 0 Å². The summed E-state index contributed by atoms with van der Waals surface area (Å²) in [7, 11) is 1.61. The van der Waals surface area contributed by atoms with E-state index in [1.165, 1.54) is 6.08 Å². The predicted molar refractivity (Wildman–Crippen MR) is 93.8 cm³/mol. The highest BCUT2D eigenvalue weighted by molar-refractivity contribution is 5.87. The Morgan fingerprint density at radius 1 is 1.12 bits per heavy atom. The van der Waals surface area contributed by atoms with Crippen LogP contribution >= 0.6 is 0 Å². The Morgan fingerprint density at radius 3 is 2.60 bits per heavy atom. The van der Waals surface area contributed by atoms with Gasteiger partial charge in [-0.05, 0) is 35.9 Å². The molecule has 1 heterocycles. The van der Waals surface area contributed by atoms with Crippen LogP contribution in [0.25, 0.3) is 17.4 Å². The third kappa shape index (κ3) is 4.57. The van der Waals surface area contributed by atoms with Crippen LogP contribution < -0.4 is 4.74 Å². The van der Waals surface area contributed by atoms with Crippen molar-refractivity contribution in [3.05, 3.63) is 78.0 Å². The van der Waals surface area contributed by atoms with Crippen LogP contribution in [0, 0.1) is 0 Å². The predicted octanol–water partition coefficient (Wildman–Crippen LogP) is 4.11. The number of ether oxygens (including phenoxy) is 2. The molecule has 0 spiro atoms. The highest BCUT2D eigenvalue weighted by Gasteiger charge is 2.08. The average Bonchev–Trinajstić information content (AvgIpc) is 3.14. The highest BCUT2D eigenvalue weighted by Crippen LogP contribution is 2.23. The second-order valence-corrected chi connectivity index (χ2v) is 5.26. The summed E-state index contributed by atoms with van der Waals surface area (Å²) in [4.78, 5) is 11.8. The molecule has 0 aliphatic carbocycles. The molecule has 0 saturated carbocycles. The summed E-state index contributed by atoms with van der Waals surface area (Å²) in [5.41, 5.74) is 2.35. The van der Waals surface area contributed by atoms with Gasteiger partial charge < -0.3 is 14.0 Å². The van der Waals surface area contributed by atoms with Crippen molar-refractivity contribution in [2.24, 2.45) is 0 Å². The van der Waals surface area contributed by atoms with Crippen LogP contribution in [0.2, 0.25) is 0 Å². The largest absolute Gasteiger partial charge is 0.497 e. The maximum atomic E-state index is 11.8. The molecule has 2 aromatic carbocycles. The first kappa shape index (κ1) is 16.5. The van der Waals surface area contributed by atoms with Gasteiger partial charge >= 0.3 is 5.97 Å². The molecule has 3 rings (SSSR count). The molecule has 126 valence electrons. The molecule has 0 amide bonds. The van der Waals surface area contributed by atoms with Crippen LogP contribution in [-0.4, -0.2) is 18.2 Å². The van der Waals surface area contributed by atoms with E-state index >= 15 is 0 Å². The van der Waals surface area contributed by atoms with Crippen LogP contribution in [0.1, 0.15) is 11.3 Å². The fourth-order valence-electron chi connectivity index (χ4n) is 2.19. The fourth-order valence-corrected chi connectivity index (χ4v) is 2.19. The molecule has 0 N–H and O–H groups in total. The lowest BCUT2D eigenvalue weighted by molar-refractivity contribution is -0.139. The average molecular weight is 335 g/mol. The summed E-state index contributed by atoms with van der Waals surface area (Å²) in [6, 6.07) is 18.7. The molecule has 1 aromatic heterocycles. The lowest BCUT2D eigenvalue weighted by atomic mass is 10.1. The number of benzene rings is 2. The van der Waals surface area contributed by atoms with Crippen LogP contribution in [0.15, 0.2) is 71.3 Å². The lowest BCUT2D eigenvalue weighted by Gasteiger charge is -1.99. The number of esters is 1. The number of hydrogen-bond acceptors (Lipinski definition) is 5. The number of rotatable bonds is 6. The van der Waals surface area contributed by atoms with Crippen molar-refractivity contribution in [2.45, 2.75) is 6.61 Å². The molecule has 0 aliphatic heterocycles. The van der Waals surface area contributed by atoms with E-state index in [-0.39, 0.29) is 6.61 Å². The molecule has 5 nitrogen and oxygen atoms in total. The first-order valence-corrected chi connectivity index (χ1v) is 7.74. The van der Waals surface area contributed by atoms with Gasteiger partial charge in [0.15, 0.2) is 5.76 Å². The molecule has 25 heavy (non-hydrogen) atoms. The minimum atomic E-state index is -0.433. The molecule has 0 aliphatic rings. The van der Waals surface area contributed by atoms with E-state index in [0.29, 0.717) is 11.5 Å². The molecular weight excluding hydrogens is 318 g/mol. The summed E-state index contributed by atoms with van der Waals surface area (Å²) in [5, 5.41) is 3.92. The molecule has 0 fully saturated rings. The first-order chi connectivity index (χ1) is 12.2. The molecule has 0 unspecified atom stereocenters. The van der Waals surface area contributed by atoms with Crippen molar-refractivity contribution >= 4 is 12.0 Å². The first-order valence-electron chi connectivity index (χ1n) is 7.74. The van der Waals surface area contributed by atoms with Crippen molar-refractivity contribution in [2.75, 3.05) is 7.11 Å². The SMILES string of the molecule is COc1ccc(-c2cc(COC(=O)/C=C\c3ccccc3)no2)cc1. The number of hydrogen-bond donors (Lipinski definition) is 0. The molecule has 0 radical (unpaired) electrons. The number of carbonyl (C=O) groups excluding carboxylic acids is 1. The van der Waals surface area contributed by atoms with Crippen LogP contribution in [-0.2, 0) is 16.1 Å². The Hall–Kier alpha value is -3.34. The fraction of sp³-hybridized carbons (Fsp3) is 0.100. The van der Waals surface area contributed by atoms with E-state index in [1.54, 1.807) is 19.3 Å². The zero-order valence-corrected chi connectivity index (χ0v) is 13.7. The molecular formula is C20H17NO4. The normalized spacial score (nSPS) is 10.8. The Morgan fingerprint density at radius 2 is 1.88 bits per heavy atom. The van der Waals surface area contributed by atoms with Crippen molar-refractivity contribution in [3.63, 3.8) is 0 Å². The standard InChI is InChI=1S/C20H17NO4/c1-23-18-10-8-16(9-11-18)19-13-17(21-25-19)14-24-20(22)12-7-15-5-3-2-4-6-15/h2-13H,14H2,1H3/b12-7-. The molecule has 0 atom stereocenters. The van der Waals surface area contributed by atoms with Crippen molar-refractivity contribution in [1.82, 2.24) is 5.16 Å². The second kappa shape index (κ2) is 7.97. The Kier molecular flexibility index (Phi) is 5.26. The Bertz CT molecular complexity index is 851. The highest BCUT2D eigenvalue weighted by atomic mass is 16.5. The molecule has 5 heteroatoms. The van der Waals surface area contributed by atoms with Gasteiger partial charge in [-0.3, -0.25) is 0 Å². The van der Waals surface area contributed by atoms with E-state index < -0.39 is 5.97 Å². The Labute approximate surface area is 145 Å². The van der Waals surface area contributed by atoms with Crippen molar-refractivity contribution in [3.8, 4) is 17.1 Å². The van der Waals surface area contributed by atoms with Gasteiger partial charge in [-0.1, -0.05) is 35.5 Å². The number of nitrogens with zero attached hydrogens (tertiary/aromatic N) is 1. The third-order valence-corrected chi connectivity index (χ3v) is 3.51. The van der Waals surface area contributed by atoms with Crippen molar-refractivity contribution in [1.29, 1.82) is 0 Å². The summed E-state index contributed by atoms with van der Waals surface area (Å²) in [6.45, 7) is 0.0532. The summed E-state index contributed by atoms with van der Waals surface area (Å²) in [5.74, 6) is 0.939. The van der Waals surface area contributed by atoms with E-state index in [2.05, 4.69) is 5.16 Å². The monoisotopic (exact) mass is 335 g/mol. The van der Waals surface area contributed by atoms with Gasteiger partial charge in [0, 0.05) is 17.7 Å². The third-order valence-electron chi connectivity index (χ3n) is 3.51. The molecule has 0 bridgehead atoms. The number of carbonyl (C=O) groups is 1. The number of methoxy groups -OCH3 is 1. The minimum absolute atomic E-state index is 0.0532. The van der Waals surface area contributed by atoms with E-state index in [0.717, 1.165) is 16.9 Å². The van der Waals surface area contributed by atoms with Crippen LogP contribution in [0.3, 0.4) is 0 Å². The van der Waals surface area contributed by atoms with Crippen molar-refractivity contribution < 1.29 is 18.8 Å². The quantitative estimate of drug-likeness (QED) is 0.501. The van der Waals surface area contributed by atoms with Crippen LogP contribution in [0.5, 0.6) is 5.75 Å². The van der Waals surface area contributed by atoms with Gasteiger partial charge in [-0.25, -0.2) is 4.79 Å². The summed E-state index contributed by atoms with van der Waals surface area (Å²) < 4.78 is 15.6. The maximum Gasteiger partial charge on any atom is 0.331 e. The van der Waals surface area contributed by atoms with E-state index in [4.69, 9.17) is 14.0 Å². The van der Waals surface area contributed by atoms with Gasteiger partial charge in [-0.2, -0.15) is 0 Å². The zero-order chi connectivity index (χ0) is 17.5. The molecule has 3 aromatic rings. The van der Waals surface area contributed by atoms with Gasteiger partial charge in [0.05, 0.1) is 7.11 Å². The topological polar surface area (TPSA) is 61.6 Å².